The molecule has 2 aromatic rings. The summed E-state index contributed by atoms with van der Waals surface area (Å²) >= 11 is 0. The van der Waals surface area contributed by atoms with Crippen LogP contribution in [0.5, 0.6) is 0 Å². The van der Waals surface area contributed by atoms with Crippen molar-refractivity contribution in [3.8, 4) is 0 Å². The predicted molar refractivity (Wildman–Crippen MR) is 143 cm³/mol. The Kier molecular flexibility index (Phi) is 8.83. The van der Waals surface area contributed by atoms with Crippen molar-refractivity contribution < 1.29 is 32.4 Å². The largest absolute Gasteiger partial charge is 0.449 e. The van der Waals surface area contributed by atoms with E-state index in [1.54, 1.807) is 0 Å². The highest BCUT2D eigenvalue weighted by Crippen LogP contribution is 2.32. The SMILES string of the molecule is C[C@@H]1CCCN(c2ccc(C(=O)O[C@H](C)C(=O)Nc3cccc(S(=O)(=O)N4CCOCC4)c3)cc2[N+](=O)[O-])C1. The molecule has 210 valence electrons. The molecule has 2 atom stereocenters. The maximum atomic E-state index is 12.9. The minimum absolute atomic E-state index is 0.0161. The molecular weight excluding hydrogens is 528 g/mol. The van der Waals surface area contributed by atoms with Gasteiger partial charge in [0.15, 0.2) is 6.10 Å². The number of rotatable bonds is 8. The Hall–Kier alpha value is -3.55. The average molecular weight is 561 g/mol. The summed E-state index contributed by atoms with van der Waals surface area (Å²) < 4.78 is 37.6. The third-order valence-electron chi connectivity index (χ3n) is 6.77. The van der Waals surface area contributed by atoms with E-state index in [9.17, 15) is 28.1 Å². The minimum atomic E-state index is -3.76. The zero-order valence-electron chi connectivity index (χ0n) is 21.9. The second-order valence-electron chi connectivity index (χ2n) is 9.74. The molecule has 2 heterocycles. The number of esters is 1. The summed E-state index contributed by atoms with van der Waals surface area (Å²) in [4.78, 5) is 38.7. The molecule has 2 aliphatic rings. The van der Waals surface area contributed by atoms with Gasteiger partial charge in [0.05, 0.1) is 28.6 Å². The number of hydrogen-bond donors (Lipinski definition) is 1. The molecule has 2 aromatic carbocycles. The van der Waals surface area contributed by atoms with Crippen molar-refractivity contribution in [3.05, 3.63) is 58.1 Å². The van der Waals surface area contributed by atoms with Crippen LogP contribution in [0.25, 0.3) is 0 Å². The van der Waals surface area contributed by atoms with Gasteiger partial charge in [-0.05, 0) is 56.0 Å². The molecule has 0 aliphatic carbocycles. The molecule has 0 unspecified atom stereocenters. The highest BCUT2D eigenvalue weighted by Gasteiger charge is 2.28. The highest BCUT2D eigenvalue weighted by atomic mass is 32.2. The molecular formula is C26H32N4O8S. The number of carbonyl (C=O) groups is 2. The van der Waals surface area contributed by atoms with Crippen LogP contribution in [0.1, 0.15) is 37.0 Å². The van der Waals surface area contributed by atoms with Crippen LogP contribution in [0.2, 0.25) is 0 Å². The molecule has 4 rings (SSSR count). The second kappa shape index (κ2) is 12.1. The number of morpholine rings is 1. The van der Waals surface area contributed by atoms with Gasteiger partial charge in [-0.2, -0.15) is 4.31 Å². The maximum Gasteiger partial charge on any atom is 0.339 e. The Bertz CT molecular complexity index is 1340. The van der Waals surface area contributed by atoms with Gasteiger partial charge in [0.1, 0.15) is 5.69 Å². The molecule has 12 nitrogen and oxygen atoms in total. The number of nitro benzene ring substituents is 1. The number of anilines is 2. The standard InChI is InChI=1S/C26H32N4O8S/c1-18-5-4-10-28(17-18)23-9-8-20(15-24(23)30(33)34)26(32)38-19(2)25(31)27-21-6-3-7-22(16-21)39(35,36)29-11-13-37-14-12-29/h3,6-9,15-16,18-19H,4-5,10-14,17H2,1-2H3,(H,27,31)/t18-,19-/m1/s1. The van der Waals surface area contributed by atoms with Gasteiger partial charge in [0, 0.05) is 37.9 Å². The molecule has 0 bridgehead atoms. The molecule has 2 fully saturated rings. The first-order valence-corrected chi connectivity index (χ1v) is 14.2. The Balaban J connectivity index is 1.42. The lowest BCUT2D eigenvalue weighted by molar-refractivity contribution is -0.384. The number of nitrogens with zero attached hydrogens (tertiary/aromatic N) is 3. The van der Waals surface area contributed by atoms with Gasteiger partial charge < -0.3 is 19.7 Å². The Morgan fingerprint density at radius 3 is 2.59 bits per heavy atom. The van der Waals surface area contributed by atoms with Crippen LogP contribution >= 0.6 is 0 Å². The predicted octanol–water partition coefficient (Wildman–Crippen LogP) is 3.04. The van der Waals surface area contributed by atoms with Crippen LogP contribution in [-0.2, 0) is 24.3 Å². The summed E-state index contributed by atoms with van der Waals surface area (Å²) in [6.07, 6.45) is 0.734. The van der Waals surface area contributed by atoms with Gasteiger partial charge in [-0.15, -0.1) is 0 Å². The number of carbonyl (C=O) groups excluding carboxylic acids is 2. The van der Waals surface area contributed by atoms with Crippen LogP contribution in [0.15, 0.2) is 47.4 Å². The van der Waals surface area contributed by atoms with Crippen molar-refractivity contribution in [3.63, 3.8) is 0 Å². The molecule has 13 heteroatoms. The Morgan fingerprint density at radius 1 is 1.15 bits per heavy atom. The van der Waals surface area contributed by atoms with Crippen LogP contribution < -0.4 is 10.2 Å². The summed E-state index contributed by atoms with van der Waals surface area (Å²) in [7, 11) is -3.76. The number of sulfonamides is 1. The van der Waals surface area contributed by atoms with Crippen molar-refractivity contribution in [1.82, 2.24) is 4.31 Å². The van der Waals surface area contributed by atoms with E-state index < -0.39 is 32.9 Å². The number of ether oxygens (including phenoxy) is 2. The van der Waals surface area contributed by atoms with E-state index in [1.165, 1.54) is 53.7 Å². The summed E-state index contributed by atoms with van der Waals surface area (Å²) in [5.74, 6) is -1.16. The molecule has 0 radical (unpaired) electrons. The van der Waals surface area contributed by atoms with Crippen LogP contribution in [0.4, 0.5) is 17.1 Å². The van der Waals surface area contributed by atoms with E-state index in [-0.39, 0.29) is 34.9 Å². The molecule has 39 heavy (non-hydrogen) atoms. The van der Waals surface area contributed by atoms with Gasteiger partial charge in [0.25, 0.3) is 11.6 Å². The summed E-state index contributed by atoms with van der Waals surface area (Å²) in [5, 5.41) is 14.3. The van der Waals surface area contributed by atoms with Gasteiger partial charge >= 0.3 is 5.97 Å². The zero-order valence-corrected chi connectivity index (χ0v) is 22.7. The molecule has 0 aromatic heterocycles. The first-order valence-electron chi connectivity index (χ1n) is 12.8. The highest BCUT2D eigenvalue weighted by molar-refractivity contribution is 7.89. The smallest absolute Gasteiger partial charge is 0.339 e. The molecule has 1 N–H and O–H groups in total. The summed E-state index contributed by atoms with van der Waals surface area (Å²) in [6.45, 7) is 5.93. The number of piperidine rings is 1. The van der Waals surface area contributed by atoms with Crippen LogP contribution in [0, 0.1) is 16.0 Å². The number of benzene rings is 2. The number of amides is 1. The first-order chi connectivity index (χ1) is 18.6. The van der Waals surface area contributed by atoms with Crippen molar-refractivity contribution in [1.29, 1.82) is 0 Å². The van der Waals surface area contributed by atoms with Gasteiger partial charge in [-0.3, -0.25) is 14.9 Å². The van der Waals surface area contributed by atoms with Crippen molar-refractivity contribution in [2.45, 2.75) is 37.7 Å². The summed E-state index contributed by atoms with van der Waals surface area (Å²) in [5.41, 5.74) is 0.413. The summed E-state index contributed by atoms with van der Waals surface area (Å²) in [6, 6.07) is 9.96. The first kappa shape index (κ1) is 28.5. The normalized spacial score (nSPS) is 19.2. The van der Waals surface area contributed by atoms with Gasteiger partial charge in [0.2, 0.25) is 10.0 Å². The van der Waals surface area contributed by atoms with E-state index in [2.05, 4.69) is 12.2 Å². The average Bonchev–Trinajstić information content (AvgIpc) is 2.93. The molecule has 0 spiro atoms. The van der Waals surface area contributed by atoms with E-state index in [4.69, 9.17) is 9.47 Å². The quantitative estimate of drug-likeness (QED) is 0.292. The maximum absolute atomic E-state index is 12.9. The van der Waals surface area contributed by atoms with E-state index in [0.29, 0.717) is 37.9 Å². The van der Waals surface area contributed by atoms with Crippen LogP contribution in [0.3, 0.4) is 0 Å². The lowest BCUT2D eigenvalue weighted by atomic mass is 9.99. The fraction of sp³-hybridized carbons (Fsp3) is 0.462. The fourth-order valence-corrected chi connectivity index (χ4v) is 6.12. The van der Waals surface area contributed by atoms with Gasteiger partial charge in [-0.1, -0.05) is 13.0 Å². The van der Waals surface area contributed by atoms with Crippen molar-refractivity contribution in [2.75, 3.05) is 49.6 Å². The number of nitro groups is 1. The molecule has 1 amide bonds. The molecule has 2 saturated heterocycles. The third-order valence-corrected chi connectivity index (χ3v) is 8.66. The molecule has 0 saturated carbocycles. The van der Waals surface area contributed by atoms with Crippen LogP contribution in [-0.4, -0.2) is 75.0 Å². The second-order valence-corrected chi connectivity index (χ2v) is 11.7. The Labute approximate surface area is 227 Å². The lowest BCUT2D eigenvalue weighted by Gasteiger charge is -2.32. The molecule has 2 aliphatic heterocycles. The fourth-order valence-electron chi connectivity index (χ4n) is 4.67. The minimum Gasteiger partial charge on any atom is -0.449 e. The van der Waals surface area contributed by atoms with Crippen molar-refractivity contribution >= 4 is 39.0 Å². The topological polar surface area (TPSA) is 148 Å². The van der Waals surface area contributed by atoms with E-state index in [1.807, 2.05) is 4.90 Å². The van der Waals surface area contributed by atoms with E-state index in [0.717, 1.165) is 12.8 Å². The number of hydrogen-bond acceptors (Lipinski definition) is 9. The Morgan fingerprint density at radius 2 is 1.90 bits per heavy atom. The zero-order chi connectivity index (χ0) is 28.2. The van der Waals surface area contributed by atoms with Crippen molar-refractivity contribution in [2.24, 2.45) is 5.92 Å². The lowest BCUT2D eigenvalue weighted by Crippen LogP contribution is -2.40. The van der Waals surface area contributed by atoms with E-state index >= 15 is 0 Å². The van der Waals surface area contributed by atoms with Gasteiger partial charge in [-0.25, -0.2) is 13.2 Å². The third kappa shape index (κ3) is 6.72. The number of nitrogens with one attached hydrogen (secondary N) is 1. The monoisotopic (exact) mass is 560 g/mol.